The summed E-state index contributed by atoms with van der Waals surface area (Å²) in [5.74, 6) is -0.374. The van der Waals surface area contributed by atoms with E-state index in [0.717, 1.165) is 6.08 Å². The van der Waals surface area contributed by atoms with Crippen molar-refractivity contribution < 1.29 is 19.1 Å². The molecule has 3 rings (SSSR count). The smallest absolute Gasteiger partial charge is 0.336 e. The maximum Gasteiger partial charge on any atom is 0.336 e. The second-order valence-corrected chi connectivity index (χ2v) is 5.37. The van der Waals surface area contributed by atoms with Crippen LogP contribution in [0.1, 0.15) is 10.4 Å². The van der Waals surface area contributed by atoms with Gasteiger partial charge in [0, 0.05) is 11.1 Å². The van der Waals surface area contributed by atoms with Crippen LogP contribution < -0.4 is 15.2 Å². The molecule has 0 fully saturated rings. The molecule has 5 nitrogen and oxygen atoms in total. The maximum absolute atomic E-state index is 12.3. The lowest BCUT2D eigenvalue weighted by atomic mass is 10.0. The van der Waals surface area contributed by atoms with Crippen molar-refractivity contribution in [3.8, 4) is 11.5 Å². The molecule has 6 heteroatoms. The molecule has 0 radical (unpaired) electrons. The van der Waals surface area contributed by atoms with Crippen LogP contribution >= 0.6 is 11.6 Å². The Morgan fingerprint density at radius 2 is 1.87 bits per heavy atom. The number of ether oxygens (including phenoxy) is 2. The van der Waals surface area contributed by atoms with E-state index in [2.05, 4.69) is 0 Å². The molecule has 2 aromatic rings. The number of rotatable bonds is 3. The lowest BCUT2D eigenvalue weighted by Crippen LogP contribution is -2.47. The van der Waals surface area contributed by atoms with Gasteiger partial charge in [-0.15, -0.1) is 0 Å². The van der Waals surface area contributed by atoms with Gasteiger partial charge >= 0.3 is 5.97 Å². The van der Waals surface area contributed by atoms with Crippen molar-refractivity contribution in [3.05, 3.63) is 71.3 Å². The van der Waals surface area contributed by atoms with E-state index >= 15 is 0 Å². The minimum Gasteiger partial charge on any atom is -0.461 e. The summed E-state index contributed by atoms with van der Waals surface area (Å²) in [4.78, 5) is 24.1. The van der Waals surface area contributed by atoms with Crippen molar-refractivity contribution in [2.45, 2.75) is 5.72 Å². The molecule has 0 bridgehead atoms. The van der Waals surface area contributed by atoms with Gasteiger partial charge in [-0.25, -0.2) is 4.79 Å². The second-order valence-electron chi connectivity index (χ2n) is 4.93. The van der Waals surface area contributed by atoms with E-state index in [1.165, 1.54) is 6.08 Å². The molecular weight excluding hydrogens is 318 g/mol. The normalized spacial score (nSPS) is 19.5. The minimum atomic E-state index is -1.71. The van der Waals surface area contributed by atoms with Crippen LogP contribution in [0.25, 0.3) is 0 Å². The van der Waals surface area contributed by atoms with Gasteiger partial charge in [0.15, 0.2) is 0 Å². The first-order valence-electron chi connectivity index (χ1n) is 6.76. The fraction of sp³-hybridized carbons (Fsp3) is 0.0588. The van der Waals surface area contributed by atoms with Crippen LogP contribution in [-0.2, 0) is 4.79 Å². The molecule has 116 valence electrons. The molecule has 0 saturated carbocycles. The molecule has 0 saturated heterocycles. The number of benzene rings is 2. The number of ketones is 1. The number of halogens is 1. The van der Waals surface area contributed by atoms with Crippen LogP contribution in [0, 0.1) is 0 Å². The summed E-state index contributed by atoms with van der Waals surface area (Å²) in [6, 6.07) is 13.0. The van der Waals surface area contributed by atoms with Crippen molar-refractivity contribution in [3.63, 3.8) is 0 Å². The van der Waals surface area contributed by atoms with Crippen LogP contribution in [0.4, 0.5) is 0 Å². The number of carbonyl (C=O) groups is 2. The van der Waals surface area contributed by atoms with Crippen molar-refractivity contribution in [1.29, 1.82) is 0 Å². The van der Waals surface area contributed by atoms with Gasteiger partial charge in [-0.2, -0.15) is 0 Å². The van der Waals surface area contributed by atoms with Gasteiger partial charge < -0.3 is 9.47 Å². The van der Waals surface area contributed by atoms with Crippen LogP contribution in [0.15, 0.2) is 60.7 Å². The third-order valence-corrected chi connectivity index (χ3v) is 3.52. The monoisotopic (exact) mass is 329 g/mol. The molecule has 1 heterocycles. The molecule has 1 aliphatic heterocycles. The highest BCUT2D eigenvalue weighted by Gasteiger charge is 2.42. The Bertz CT molecular complexity index is 800. The zero-order valence-electron chi connectivity index (χ0n) is 11.9. The van der Waals surface area contributed by atoms with Crippen LogP contribution in [0.3, 0.4) is 0 Å². The largest absolute Gasteiger partial charge is 0.461 e. The topological polar surface area (TPSA) is 78.6 Å². The van der Waals surface area contributed by atoms with Gasteiger partial charge in [0.25, 0.3) is 0 Å². The minimum absolute atomic E-state index is 0.331. The summed E-state index contributed by atoms with van der Waals surface area (Å²) in [5, 5.41) is 0.531. The molecule has 1 aliphatic rings. The van der Waals surface area contributed by atoms with Crippen LogP contribution in [-0.4, -0.2) is 17.5 Å². The lowest BCUT2D eigenvalue weighted by Gasteiger charge is -2.17. The molecule has 1 unspecified atom stereocenters. The predicted molar refractivity (Wildman–Crippen MR) is 84.5 cm³/mol. The second kappa shape index (κ2) is 5.87. The molecule has 0 spiro atoms. The van der Waals surface area contributed by atoms with Crippen LogP contribution in [0.2, 0.25) is 5.02 Å². The van der Waals surface area contributed by atoms with Gasteiger partial charge in [-0.05, 0) is 42.5 Å². The molecule has 0 aromatic heterocycles. The highest BCUT2D eigenvalue weighted by molar-refractivity contribution is 6.30. The van der Waals surface area contributed by atoms with Crippen molar-refractivity contribution in [2.75, 3.05) is 0 Å². The van der Waals surface area contributed by atoms with E-state index in [1.54, 1.807) is 48.5 Å². The summed E-state index contributed by atoms with van der Waals surface area (Å²) in [6.45, 7) is 0. The van der Waals surface area contributed by atoms with Gasteiger partial charge in [0.2, 0.25) is 11.5 Å². The average Bonchev–Trinajstić information content (AvgIpc) is 2.80. The van der Waals surface area contributed by atoms with E-state index in [-0.39, 0.29) is 0 Å². The fourth-order valence-corrected chi connectivity index (χ4v) is 2.26. The van der Waals surface area contributed by atoms with E-state index in [9.17, 15) is 9.59 Å². The number of esters is 1. The average molecular weight is 330 g/mol. The summed E-state index contributed by atoms with van der Waals surface area (Å²) in [5.41, 5.74) is 4.61. The van der Waals surface area contributed by atoms with E-state index in [0.29, 0.717) is 22.1 Å². The van der Waals surface area contributed by atoms with Gasteiger partial charge in [0.05, 0.1) is 5.56 Å². The predicted octanol–water partition coefficient (Wildman–Crippen LogP) is 2.73. The number of para-hydroxylation sites is 1. The van der Waals surface area contributed by atoms with Crippen molar-refractivity contribution in [2.24, 2.45) is 5.73 Å². The zero-order valence-corrected chi connectivity index (χ0v) is 12.6. The Morgan fingerprint density at radius 3 is 2.57 bits per heavy atom. The molecule has 1 atom stereocenters. The van der Waals surface area contributed by atoms with E-state index in [4.69, 9.17) is 26.8 Å². The fourth-order valence-electron chi connectivity index (χ4n) is 2.14. The first kappa shape index (κ1) is 15.3. The summed E-state index contributed by atoms with van der Waals surface area (Å²) in [6.07, 6.45) is 2.26. The SMILES string of the molecule is NC1(/C=C/C(=O)Oc2ccc(Cl)cc2)Oc2ccccc2C1=O. The Kier molecular flexibility index (Phi) is 3.90. The maximum atomic E-state index is 12.3. The number of Topliss-reactive ketones (excluding diaryl/α,β-unsaturated/α-hetero) is 1. The summed E-state index contributed by atoms with van der Waals surface area (Å²) < 4.78 is 10.5. The molecule has 2 aromatic carbocycles. The Labute approximate surface area is 137 Å². The summed E-state index contributed by atoms with van der Waals surface area (Å²) >= 11 is 5.75. The first-order valence-corrected chi connectivity index (χ1v) is 7.14. The third kappa shape index (κ3) is 3.11. The highest BCUT2D eigenvalue weighted by atomic mass is 35.5. The number of hydrogen-bond donors (Lipinski definition) is 1. The van der Waals surface area contributed by atoms with Crippen molar-refractivity contribution in [1.82, 2.24) is 0 Å². The van der Waals surface area contributed by atoms with Gasteiger partial charge in [-0.3, -0.25) is 10.5 Å². The van der Waals surface area contributed by atoms with Crippen LogP contribution in [0.5, 0.6) is 11.5 Å². The Hall–Kier alpha value is -2.63. The zero-order chi connectivity index (χ0) is 16.4. The quantitative estimate of drug-likeness (QED) is 0.532. The molecule has 0 aliphatic carbocycles. The molecule has 2 N–H and O–H groups in total. The molecule has 0 amide bonds. The van der Waals surface area contributed by atoms with E-state index in [1.807, 2.05) is 0 Å². The molecular formula is C17H12ClNO4. The summed E-state index contributed by atoms with van der Waals surface area (Å²) in [7, 11) is 0. The van der Waals surface area contributed by atoms with Gasteiger partial charge in [0.1, 0.15) is 11.5 Å². The third-order valence-electron chi connectivity index (χ3n) is 3.26. The number of nitrogens with two attached hydrogens (primary N) is 1. The number of hydrogen-bond acceptors (Lipinski definition) is 5. The molecule has 23 heavy (non-hydrogen) atoms. The number of fused-ring (bicyclic) bond motifs is 1. The lowest BCUT2D eigenvalue weighted by molar-refractivity contribution is -0.129. The Balaban J connectivity index is 1.71. The van der Waals surface area contributed by atoms with E-state index < -0.39 is 17.5 Å². The number of carbonyl (C=O) groups excluding carboxylic acids is 2. The standard InChI is InChI=1S/C17H12ClNO4/c18-11-5-7-12(8-6-11)22-15(20)9-10-17(19)16(21)13-3-1-2-4-14(13)23-17/h1-10H,19H2/b10-9+. The van der Waals surface area contributed by atoms with Crippen molar-refractivity contribution >= 4 is 23.4 Å². The highest BCUT2D eigenvalue weighted by Crippen LogP contribution is 2.32. The Morgan fingerprint density at radius 1 is 1.17 bits per heavy atom. The van der Waals surface area contributed by atoms with Gasteiger partial charge in [-0.1, -0.05) is 23.7 Å². The first-order chi connectivity index (χ1) is 11.0.